The minimum absolute atomic E-state index is 0.0173. The highest BCUT2D eigenvalue weighted by atomic mass is 16.1. The van der Waals surface area contributed by atoms with Gasteiger partial charge in [0.2, 0.25) is 0 Å². The number of fused-ring (bicyclic) bond motifs is 1. The second kappa shape index (κ2) is 5.32. The van der Waals surface area contributed by atoms with E-state index in [1.165, 1.54) is 24.0 Å². The van der Waals surface area contributed by atoms with Gasteiger partial charge in [-0.25, -0.2) is 0 Å². The Morgan fingerprint density at radius 2 is 2.06 bits per heavy atom. The zero-order valence-corrected chi connectivity index (χ0v) is 10.3. The number of carbonyl (C=O) groups is 1. The van der Waals surface area contributed by atoms with E-state index in [4.69, 9.17) is 5.73 Å². The minimum atomic E-state index is -0.0173. The van der Waals surface area contributed by atoms with Gasteiger partial charge < -0.3 is 11.1 Å². The number of nitrogens with two attached hydrogens (primary N) is 1. The van der Waals surface area contributed by atoms with E-state index in [9.17, 15) is 4.79 Å². The van der Waals surface area contributed by atoms with Crippen LogP contribution in [0.5, 0.6) is 0 Å². The number of nitrogens with one attached hydrogen (secondary N) is 1. The average molecular weight is 232 g/mol. The molecule has 3 heteroatoms. The first-order chi connectivity index (χ1) is 8.20. The molecular weight excluding hydrogens is 212 g/mol. The van der Waals surface area contributed by atoms with Crippen LogP contribution in [0.1, 0.15) is 41.3 Å². The van der Waals surface area contributed by atoms with Crippen molar-refractivity contribution in [3.63, 3.8) is 0 Å². The van der Waals surface area contributed by atoms with Crippen LogP contribution in [-0.4, -0.2) is 18.5 Å². The third-order valence-electron chi connectivity index (χ3n) is 3.34. The summed E-state index contributed by atoms with van der Waals surface area (Å²) >= 11 is 0. The molecule has 92 valence electrons. The largest absolute Gasteiger partial charge is 0.348 e. The number of aryl methyl sites for hydroxylation is 2. The Hall–Kier alpha value is -1.35. The molecule has 1 aromatic rings. The van der Waals surface area contributed by atoms with Gasteiger partial charge >= 0.3 is 0 Å². The normalized spacial score (nSPS) is 16.1. The van der Waals surface area contributed by atoms with Crippen molar-refractivity contribution < 1.29 is 4.79 Å². The number of carbonyl (C=O) groups excluding carboxylic acids is 1. The first-order valence-corrected chi connectivity index (χ1v) is 6.33. The van der Waals surface area contributed by atoms with E-state index in [1.54, 1.807) is 0 Å². The Balaban J connectivity index is 2.13. The van der Waals surface area contributed by atoms with Gasteiger partial charge in [0.1, 0.15) is 0 Å². The second-order valence-corrected chi connectivity index (χ2v) is 4.80. The molecular formula is C14H20N2O. The Morgan fingerprint density at radius 3 is 2.76 bits per heavy atom. The van der Waals surface area contributed by atoms with Gasteiger partial charge in [-0.15, -0.1) is 0 Å². The highest BCUT2D eigenvalue weighted by molar-refractivity contribution is 5.94. The molecule has 1 aliphatic carbocycles. The number of amides is 1. The predicted octanol–water partition coefficient (Wildman–Crippen LogP) is 1.64. The molecule has 0 saturated heterocycles. The van der Waals surface area contributed by atoms with Crippen LogP contribution in [0.3, 0.4) is 0 Å². The molecule has 0 bridgehead atoms. The van der Waals surface area contributed by atoms with Crippen LogP contribution in [0, 0.1) is 0 Å². The second-order valence-electron chi connectivity index (χ2n) is 4.80. The van der Waals surface area contributed by atoms with E-state index < -0.39 is 0 Å². The quantitative estimate of drug-likeness (QED) is 0.832. The fourth-order valence-electron chi connectivity index (χ4n) is 2.24. The monoisotopic (exact) mass is 232 g/mol. The predicted molar refractivity (Wildman–Crippen MR) is 69.1 cm³/mol. The van der Waals surface area contributed by atoms with Crippen molar-refractivity contribution in [3.05, 3.63) is 34.9 Å². The molecule has 0 spiro atoms. The van der Waals surface area contributed by atoms with Crippen molar-refractivity contribution in [1.29, 1.82) is 0 Å². The smallest absolute Gasteiger partial charge is 0.251 e. The fourth-order valence-corrected chi connectivity index (χ4v) is 2.24. The SMILES string of the molecule is C[C@@H](CN)NC(=O)c1ccc2c(c1)CCCC2. The van der Waals surface area contributed by atoms with Gasteiger partial charge in [0.15, 0.2) is 0 Å². The molecule has 0 heterocycles. The molecule has 17 heavy (non-hydrogen) atoms. The van der Waals surface area contributed by atoms with Gasteiger partial charge in [-0.1, -0.05) is 6.07 Å². The van der Waals surface area contributed by atoms with E-state index in [0.717, 1.165) is 18.4 Å². The van der Waals surface area contributed by atoms with E-state index in [1.807, 2.05) is 19.1 Å². The van der Waals surface area contributed by atoms with Gasteiger partial charge in [-0.3, -0.25) is 4.79 Å². The van der Waals surface area contributed by atoms with Crippen LogP contribution in [0.2, 0.25) is 0 Å². The maximum Gasteiger partial charge on any atom is 0.251 e. The van der Waals surface area contributed by atoms with Gasteiger partial charge in [0.25, 0.3) is 5.91 Å². The highest BCUT2D eigenvalue weighted by Gasteiger charge is 2.13. The summed E-state index contributed by atoms with van der Waals surface area (Å²) in [5, 5.41) is 2.89. The lowest BCUT2D eigenvalue weighted by Crippen LogP contribution is -2.37. The summed E-state index contributed by atoms with van der Waals surface area (Å²) in [6.07, 6.45) is 4.75. The van der Waals surface area contributed by atoms with Crippen molar-refractivity contribution >= 4 is 5.91 Å². The fraction of sp³-hybridized carbons (Fsp3) is 0.500. The Morgan fingerprint density at radius 1 is 1.35 bits per heavy atom. The van der Waals surface area contributed by atoms with Gasteiger partial charge in [-0.05, 0) is 55.9 Å². The lowest BCUT2D eigenvalue weighted by atomic mass is 9.90. The van der Waals surface area contributed by atoms with Crippen molar-refractivity contribution in [2.24, 2.45) is 5.73 Å². The van der Waals surface area contributed by atoms with Crippen LogP contribution < -0.4 is 11.1 Å². The molecule has 0 fully saturated rings. The maximum absolute atomic E-state index is 11.9. The minimum Gasteiger partial charge on any atom is -0.348 e. The van der Waals surface area contributed by atoms with Crippen LogP contribution >= 0.6 is 0 Å². The van der Waals surface area contributed by atoms with Crippen molar-refractivity contribution in [2.75, 3.05) is 6.54 Å². The molecule has 1 aliphatic rings. The zero-order valence-electron chi connectivity index (χ0n) is 10.3. The Labute approximate surface area is 102 Å². The standard InChI is InChI=1S/C14H20N2O/c1-10(9-15)16-14(17)13-7-6-11-4-2-3-5-12(11)8-13/h6-8,10H,2-5,9,15H2,1H3,(H,16,17)/t10-/m0/s1. The van der Waals surface area contributed by atoms with Crippen LogP contribution in [0.15, 0.2) is 18.2 Å². The first-order valence-electron chi connectivity index (χ1n) is 6.33. The van der Waals surface area contributed by atoms with Gasteiger partial charge in [0, 0.05) is 18.2 Å². The molecule has 3 nitrogen and oxygen atoms in total. The number of hydrogen-bond acceptors (Lipinski definition) is 2. The third-order valence-corrected chi connectivity index (χ3v) is 3.34. The molecule has 0 unspecified atom stereocenters. The summed E-state index contributed by atoms with van der Waals surface area (Å²) in [7, 11) is 0. The number of rotatable bonds is 3. The average Bonchev–Trinajstić information content (AvgIpc) is 2.38. The lowest BCUT2D eigenvalue weighted by Gasteiger charge is -2.17. The van der Waals surface area contributed by atoms with Gasteiger partial charge in [0.05, 0.1) is 0 Å². The summed E-state index contributed by atoms with van der Waals surface area (Å²) in [5.41, 5.74) is 8.99. The molecule has 1 amide bonds. The van der Waals surface area contributed by atoms with E-state index in [-0.39, 0.29) is 11.9 Å². The summed E-state index contributed by atoms with van der Waals surface area (Å²) in [4.78, 5) is 11.9. The number of benzene rings is 1. The van der Waals surface area contributed by atoms with Crippen LogP contribution in [0.25, 0.3) is 0 Å². The molecule has 0 saturated carbocycles. The van der Waals surface area contributed by atoms with E-state index in [0.29, 0.717) is 6.54 Å². The van der Waals surface area contributed by atoms with Crippen molar-refractivity contribution in [3.8, 4) is 0 Å². The Bertz CT molecular complexity index is 415. The molecule has 0 radical (unpaired) electrons. The molecule has 0 aromatic heterocycles. The lowest BCUT2D eigenvalue weighted by molar-refractivity contribution is 0.0941. The van der Waals surface area contributed by atoms with Crippen LogP contribution in [0.4, 0.5) is 0 Å². The van der Waals surface area contributed by atoms with Crippen molar-refractivity contribution in [1.82, 2.24) is 5.32 Å². The Kier molecular flexibility index (Phi) is 3.79. The topological polar surface area (TPSA) is 55.1 Å². The molecule has 1 aromatic carbocycles. The maximum atomic E-state index is 11.9. The van der Waals surface area contributed by atoms with Crippen molar-refractivity contribution in [2.45, 2.75) is 38.6 Å². The van der Waals surface area contributed by atoms with Gasteiger partial charge in [-0.2, -0.15) is 0 Å². The third kappa shape index (κ3) is 2.86. The summed E-state index contributed by atoms with van der Waals surface area (Å²) in [5.74, 6) is -0.0173. The summed E-state index contributed by atoms with van der Waals surface area (Å²) < 4.78 is 0. The molecule has 0 aliphatic heterocycles. The number of hydrogen-bond donors (Lipinski definition) is 2. The first kappa shape index (κ1) is 12.1. The molecule has 1 atom stereocenters. The zero-order chi connectivity index (χ0) is 12.3. The molecule has 3 N–H and O–H groups in total. The summed E-state index contributed by atoms with van der Waals surface area (Å²) in [6.45, 7) is 2.38. The highest BCUT2D eigenvalue weighted by Crippen LogP contribution is 2.22. The van der Waals surface area contributed by atoms with Crippen LogP contribution in [-0.2, 0) is 12.8 Å². The van der Waals surface area contributed by atoms with E-state index >= 15 is 0 Å². The molecule has 2 rings (SSSR count). The summed E-state index contributed by atoms with van der Waals surface area (Å²) in [6, 6.07) is 6.07. The van der Waals surface area contributed by atoms with E-state index in [2.05, 4.69) is 11.4 Å².